The number of aliphatic carboxylic acids is 1. The number of rotatable bonds is 7. The Morgan fingerprint density at radius 2 is 1.68 bits per heavy atom. The first-order valence-electron chi connectivity index (χ1n) is 9.36. The highest BCUT2D eigenvalue weighted by Gasteiger charge is 2.16. The van der Waals surface area contributed by atoms with Crippen LogP contribution in [0.3, 0.4) is 0 Å². The van der Waals surface area contributed by atoms with Crippen LogP contribution in [0.15, 0.2) is 48.5 Å². The lowest BCUT2D eigenvalue weighted by atomic mass is 10.1. The Kier molecular flexibility index (Phi) is 7.09. The van der Waals surface area contributed by atoms with E-state index in [1.165, 1.54) is 0 Å². The van der Waals surface area contributed by atoms with Crippen molar-refractivity contribution in [1.29, 1.82) is 0 Å². The molecule has 0 saturated carbocycles. The molecule has 0 unspecified atom stereocenters. The van der Waals surface area contributed by atoms with Crippen LogP contribution in [0, 0.1) is 0 Å². The number of hydrogen-bond donors (Lipinski definition) is 2. The van der Waals surface area contributed by atoms with E-state index in [9.17, 15) is 9.59 Å². The third-order valence-electron chi connectivity index (χ3n) is 4.65. The van der Waals surface area contributed by atoms with Crippen LogP contribution in [-0.2, 0) is 17.6 Å². The number of amides is 1. The number of anilines is 2. The normalized spacial score (nSPS) is 10.6. The van der Waals surface area contributed by atoms with Crippen LogP contribution < -0.4 is 10.2 Å². The van der Waals surface area contributed by atoms with E-state index < -0.39 is 5.97 Å². The molecule has 0 radical (unpaired) electrons. The van der Waals surface area contributed by atoms with E-state index in [0.29, 0.717) is 34.2 Å². The minimum absolute atomic E-state index is 0.113. The lowest BCUT2D eigenvalue weighted by molar-refractivity contribution is -0.136. The van der Waals surface area contributed by atoms with Crippen molar-refractivity contribution in [1.82, 2.24) is 9.97 Å². The van der Waals surface area contributed by atoms with Gasteiger partial charge in [-0.15, -0.1) is 0 Å². The van der Waals surface area contributed by atoms with Crippen molar-refractivity contribution in [3.05, 3.63) is 81.2 Å². The maximum absolute atomic E-state index is 12.6. The van der Waals surface area contributed by atoms with Crippen molar-refractivity contribution in [2.75, 3.05) is 24.3 Å². The SMILES string of the molecule is CNc1nc(Cc2ccc(N(C)C(=O)c3ccc(Cl)cc3)cc2)nc(Cl)c1CC(=O)O. The van der Waals surface area contributed by atoms with E-state index in [1.807, 2.05) is 24.3 Å². The van der Waals surface area contributed by atoms with Crippen molar-refractivity contribution in [2.45, 2.75) is 12.8 Å². The fourth-order valence-corrected chi connectivity index (χ4v) is 3.40. The summed E-state index contributed by atoms with van der Waals surface area (Å²) in [5, 5.41) is 12.6. The Bertz CT molecular complexity index is 1100. The largest absolute Gasteiger partial charge is 0.481 e. The molecule has 0 aliphatic heterocycles. The number of carboxylic acids is 1. The van der Waals surface area contributed by atoms with Gasteiger partial charge in [-0.3, -0.25) is 9.59 Å². The highest BCUT2D eigenvalue weighted by molar-refractivity contribution is 6.31. The predicted octanol–water partition coefficient (Wildman–Crippen LogP) is 4.32. The number of benzene rings is 2. The van der Waals surface area contributed by atoms with Gasteiger partial charge in [0.05, 0.1) is 6.42 Å². The molecule has 1 aromatic heterocycles. The summed E-state index contributed by atoms with van der Waals surface area (Å²) in [6.07, 6.45) is 0.134. The molecule has 2 N–H and O–H groups in total. The highest BCUT2D eigenvalue weighted by Crippen LogP contribution is 2.24. The zero-order valence-electron chi connectivity index (χ0n) is 16.9. The average molecular weight is 459 g/mol. The zero-order valence-corrected chi connectivity index (χ0v) is 18.4. The van der Waals surface area contributed by atoms with E-state index in [2.05, 4.69) is 15.3 Å². The Balaban J connectivity index is 1.76. The van der Waals surface area contributed by atoms with Crippen LogP contribution in [0.25, 0.3) is 0 Å². The second kappa shape index (κ2) is 9.76. The third kappa shape index (κ3) is 5.51. The standard InChI is InChI=1S/C22H20Cl2N4O3/c1-25-21-17(12-19(29)30)20(24)26-18(27-21)11-13-3-9-16(10-4-13)28(2)22(31)14-5-7-15(23)8-6-14/h3-10H,11-12H2,1-2H3,(H,29,30)(H,25,26,27). The Morgan fingerprint density at radius 1 is 1.03 bits per heavy atom. The molecule has 3 aromatic rings. The molecule has 0 aliphatic carbocycles. The average Bonchev–Trinajstić information content (AvgIpc) is 2.75. The summed E-state index contributed by atoms with van der Waals surface area (Å²) in [7, 11) is 3.35. The van der Waals surface area contributed by atoms with Gasteiger partial charge in [0.2, 0.25) is 0 Å². The Morgan fingerprint density at radius 3 is 2.26 bits per heavy atom. The van der Waals surface area contributed by atoms with Crippen LogP contribution in [0.1, 0.15) is 27.3 Å². The molecule has 9 heteroatoms. The van der Waals surface area contributed by atoms with Crippen molar-refractivity contribution in [3.8, 4) is 0 Å². The summed E-state index contributed by atoms with van der Waals surface area (Å²) >= 11 is 12.1. The van der Waals surface area contributed by atoms with Gasteiger partial charge in [0.25, 0.3) is 5.91 Å². The minimum atomic E-state index is -1.01. The predicted molar refractivity (Wildman–Crippen MR) is 121 cm³/mol. The smallest absolute Gasteiger partial charge is 0.308 e. The first kappa shape index (κ1) is 22.5. The number of aromatic nitrogens is 2. The number of nitrogens with one attached hydrogen (secondary N) is 1. The third-order valence-corrected chi connectivity index (χ3v) is 5.21. The Labute approximate surface area is 189 Å². The van der Waals surface area contributed by atoms with E-state index in [1.54, 1.807) is 43.3 Å². The second-order valence-electron chi connectivity index (χ2n) is 6.79. The van der Waals surface area contributed by atoms with Crippen LogP contribution in [0.5, 0.6) is 0 Å². The molecule has 0 atom stereocenters. The van der Waals surface area contributed by atoms with Crippen molar-refractivity contribution >= 4 is 46.6 Å². The van der Waals surface area contributed by atoms with Crippen LogP contribution >= 0.6 is 23.2 Å². The van der Waals surface area contributed by atoms with Crippen molar-refractivity contribution in [3.63, 3.8) is 0 Å². The first-order valence-corrected chi connectivity index (χ1v) is 10.1. The van der Waals surface area contributed by atoms with E-state index in [4.69, 9.17) is 28.3 Å². The summed E-state index contributed by atoms with van der Waals surface area (Å²) in [5.41, 5.74) is 2.54. The molecule has 0 saturated heterocycles. The quantitative estimate of drug-likeness (QED) is 0.511. The number of carbonyl (C=O) groups excluding carboxylic acids is 1. The number of nitrogens with zero attached hydrogens (tertiary/aromatic N) is 3. The number of carboxylic acid groups (broad SMARTS) is 1. The highest BCUT2D eigenvalue weighted by atomic mass is 35.5. The van der Waals surface area contributed by atoms with Gasteiger partial charge in [0.15, 0.2) is 0 Å². The molecule has 1 heterocycles. The molecule has 160 valence electrons. The van der Waals surface area contributed by atoms with Gasteiger partial charge in [0.1, 0.15) is 16.8 Å². The van der Waals surface area contributed by atoms with Crippen LogP contribution in [0.4, 0.5) is 11.5 Å². The molecule has 0 spiro atoms. The lowest BCUT2D eigenvalue weighted by Crippen LogP contribution is -2.26. The maximum Gasteiger partial charge on any atom is 0.308 e. The van der Waals surface area contributed by atoms with Gasteiger partial charge in [0, 0.05) is 42.4 Å². The Hall–Kier alpha value is -3.16. The number of carbonyl (C=O) groups is 2. The lowest BCUT2D eigenvalue weighted by Gasteiger charge is -2.18. The monoisotopic (exact) mass is 458 g/mol. The van der Waals surface area contributed by atoms with Gasteiger partial charge in [-0.25, -0.2) is 9.97 Å². The molecule has 0 fully saturated rings. The van der Waals surface area contributed by atoms with Crippen molar-refractivity contribution < 1.29 is 14.7 Å². The molecular formula is C22H20Cl2N4O3. The summed E-state index contributed by atoms with van der Waals surface area (Å²) < 4.78 is 0. The van der Waals surface area contributed by atoms with Crippen LogP contribution in [-0.4, -0.2) is 41.0 Å². The van der Waals surface area contributed by atoms with E-state index in [-0.39, 0.29) is 17.5 Å². The molecule has 0 aliphatic rings. The fourth-order valence-electron chi connectivity index (χ4n) is 3.02. The molecule has 3 rings (SSSR count). The molecular weight excluding hydrogens is 439 g/mol. The topological polar surface area (TPSA) is 95.4 Å². The van der Waals surface area contributed by atoms with Gasteiger partial charge in [-0.1, -0.05) is 35.3 Å². The number of halogens is 2. The summed E-state index contributed by atoms with van der Waals surface area (Å²) in [6.45, 7) is 0. The maximum atomic E-state index is 12.6. The summed E-state index contributed by atoms with van der Waals surface area (Å²) in [6, 6.07) is 14.2. The number of hydrogen-bond acceptors (Lipinski definition) is 5. The molecule has 31 heavy (non-hydrogen) atoms. The summed E-state index contributed by atoms with van der Waals surface area (Å²) in [5.74, 6) is -0.307. The molecule has 2 aromatic carbocycles. The van der Waals surface area contributed by atoms with E-state index >= 15 is 0 Å². The van der Waals surface area contributed by atoms with Gasteiger partial charge in [-0.05, 0) is 42.0 Å². The zero-order chi connectivity index (χ0) is 22.5. The molecule has 1 amide bonds. The molecule has 7 nitrogen and oxygen atoms in total. The van der Waals surface area contributed by atoms with Gasteiger partial charge in [-0.2, -0.15) is 0 Å². The van der Waals surface area contributed by atoms with E-state index in [0.717, 1.165) is 11.3 Å². The van der Waals surface area contributed by atoms with Crippen LogP contribution in [0.2, 0.25) is 10.2 Å². The van der Waals surface area contributed by atoms with Gasteiger partial charge < -0.3 is 15.3 Å². The fraction of sp³-hybridized carbons (Fsp3) is 0.182. The summed E-state index contributed by atoms with van der Waals surface area (Å²) in [4.78, 5) is 33.9. The first-order chi connectivity index (χ1) is 14.8. The second-order valence-corrected chi connectivity index (χ2v) is 7.59. The van der Waals surface area contributed by atoms with Gasteiger partial charge >= 0.3 is 5.97 Å². The van der Waals surface area contributed by atoms with Crippen molar-refractivity contribution in [2.24, 2.45) is 0 Å². The molecule has 0 bridgehead atoms. The minimum Gasteiger partial charge on any atom is -0.481 e.